The fourth-order valence-electron chi connectivity index (χ4n) is 3.59. The van der Waals surface area contributed by atoms with Crippen LogP contribution in [0.3, 0.4) is 0 Å². The van der Waals surface area contributed by atoms with Gasteiger partial charge in [-0.25, -0.2) is 0 Å². The summed E-state index contributed by atoms with van der Waals surface area (Å²) in [6, 6.07) is 21.9. The van der Waals surface area contributed by atoms with E-state index in [1.54, 1.807) is 11.8 Å². The van der Waals surface area contributed by atoms with Crippen LogP contribution in [0.15, 0.2) is 82.6 Å². The van der Waals surface area contributed by atoms with E-state index in [0.717, 1.165) is 32.0 Å². The zero-order valence-electron chi connectivity index (χ0n) is 17.9. The Bertz CT molecular complexity index is 1290. The fraction of sp³-hybridized carbons (Fsp3) is 0.160. The number of amides is 1. The lowest BCUT2D eigenvalue weighted by Gasteiger charge is -2.12. The molecule has 1 aromatic heterocycles. The second kappa shape index (κ2) is 9.45. The van der Waals surface area contributed by atoms with Crippen molar-refractivity contribution in [1.29, 1.82) is 0 Å². The first-order valence-corrected chi connectivity index (χ1v) is 11.4. The van der Waals surface area contributed by atoms with Crippen molar-refractivity contribution in [3.8, 4) is 5.75 Å². The number of hydrogen-bond donors (Lipinski definition) is 1. The smallest absolute Gasteiger partial charge is 0.420 e. The lowest BCUT2D eigenvalue weighted by Crippen LogP contribution is -2.17. The minimum atomic E-state index is -3.79. The molecule has 33 heavy (non-hydrogen) atoms. The Labute approximate surface area is 199 Å². The summed E-state index contributed by atoms with van der Waals surface area (Å²) in [6.45, 7) is 2.04. The quantitative estimate of drug-likeness (QED) is 0.286. The number of carbonyl (C=O) groups is 1. The van der Waals surface area contributed by atoms with Gasteiger partial charge in [-0.15, -0.1) is 8.78 Å². The molecule has 0 fully saturated rings. The molecule has 0 radical (unpaired) electrons. The highest BCUT2D eigenvalue weighted by Gasteiger charge is 2.27. The van der Waals surface area contributed by atoms with E-state index in [4.69, 9.17) is 11.6 Å². The summed E-state index contributed by atoms with van der Waals surface area (Å²) in [5.41, 5.74) is -0.236. The number of aromatic nitrogens is 1. The van der Waals surface area contributed by atoms with Crippen LogP contribution in [0.2, 0.25) is 0 Å². The third kappa shape index (κ3) is 5.67. The van der Waals surface area contributed by atoms with E-state index in [0.29, 0.717) is 5.69 Å². The molecular weight excluding hydrogens is 466 g/mol. The summed E-state index contributed by atoms with van der Waals surface area (Å²) in [5.74, 6) is -0.317. The van der Waals surface area contributed by atoms with Crippen molar-refractivity contribution in [1.82, 2.24) is 4.57 Å². The van der Waals surface area contributed by atoms with Crippen LogP contribution >= 0.6 is 23.4 Å². The number of rotatable bonds is 7. The Morgan fingerprint density at radius 2 is 1.79 bits per heavy atom. The molecule has 4 rings (SSSR count). The van der Waals surface area contributed by atoms with Crippen molar-refractivity contribution in [2.75, 3.05) is 5.32 Å². The Morgan fingerprint density at radius 1 is 1.09 bits per heavy atom. The lowest BCUT2D eigenvalue weighted by atomic mass is 10.2. The van der Waals surface area contributed by atoms with Gasteiger partial charge in [-0.3, -0.25) is 4.79 Å². The highest BCUT2D eigenvalue weighted by Crippen LogP contribution is 2.39. The molecule has 0 aliphatic carbocycles. The van der Waals surface area contributed by atoms with Gasteiger partial charge in [0.05, 0.1) is 6.42 Å². The van der Waals surface area contributed by atoms with E-state index in [2.05, 4.69) is 28.3 Å². The van der Waals surface area contributed by atoms with Crippen LogP contribution in [0.4, 0.5) is 14.5 Å². The number of nitrogens with one attached hydrogen (secondary N) is 1. The second-order valence-corrected chi connectivity index (χ2v) is 9.09. The third-order valence-electron chi connectivity index (χ3n) is 5.09. The molecule has 0 atom stereocenters. The van der Waals surface area contributed by atoms with E-state index in [9.17, 15) is 13.6 Å². The molecule has 0 saturated carbocycles. The summed E-state index contributed by atoms with van der Waals surface area (Å²) in [4.78, 5) is 15.0. The van der Waals surface area contributed by atoms with Gasteiger partial charge in [0.15, 0.2) is 0 Å². The number of halogens is 3. The van der Waals surface area contributed by atoms with E-state index < -0.39 is 5.57 Å². The molecule has 0 saturated heterocycles. The van der Waals surface area contributed by atoms with Gasteiger partial charge in [-0.1, -0.05) is 41.6 Å². The number of carbonyl (C=O) groups excluding carboxylic acids is 1. The van der Waals surface area contributed by atoms with Gasteiger partial charge in [-0.2, -0.15) is 0 Å². The van der Waals surface area contributed by atoms with Crippen LogP contribution in [0.25, 0.3) is 10.9 Å². The van der Waals surface area contributed by atoms with Gasteiger partial charge in [0.2, 0.25) is 5.91 Å². The molecule has 0 aliphatic rings. The molecule has 4 nitrogen and oxygen atoms in total. The predicted octanol–water partition coefficient (Wildman–Crippen LogP) is 6.99. The minimum absolute atomic E-state index is 0.0985. The van der Waals surface area contributed by atoms with E-state index in [-0.39, 0.29) is 18.1 Å². The lowest BCUT2D eigenvalue weighted by molar-refractivity contribution is -0.115. The summed E-state index contributed by atoms with van der Waals surface area (Å²) < 4.78 is 31.9. The molecule has 8 heteroatoms. The largest absolute Gasteiger partial charge is 0.487 e. The summed E-state index contributed by atoms with van der Waals surface area (Å²) in [6.07, 6.45) is 0.150. The Hall–Kier alpha value is -3.03. The summed E-state index contributed by atoms with van der Waals surface area (Å²) in [5, 5.41) is 3.91. The molecule has 4 aromatic rings. The highest BCUT2D eigenvalue weighted by atomic mass is 35.5. The molecule has 1 N–H and O–H groups in total. The number of anilines is 1. The highest BCUT2D eigenvalue weighted by molar-refractivity contribution is 7.99. The number of nitrogens with zero attached hydrogens (tertiary/aromatic N) is 1. The van der Waals surface area contributed by atoms with Crippen molar-refractivity contribution in [2.45, 2.75) is 28.7 Å². The number of benzene rings is 3. The average molecular weight is 487 g/mol. The van der Waals surface area contributed by atoms with Gasteiger partial charge in [0, 0.05) is 50.7 Å². The number of ether oxygens (including phenoxy) is 1. The van der Waals surface area contributed by atoms with Gasteiger partial charge in [0.25, 0.3) is 0 Å². The second-order valence-electron chi connectivity index (χ2n) is 7.57. The third-order valence-corrected chi connectivity index (χ3v) is 6.33. The topological polar surface area (TPSA) is 43.3 Å². The first kappa shape index (κ1) is 23.1. The van der Waals surface area contributed by atoms with Gasteiger partial charge in [-0.05, 0) is 55.5 Å². The SMILES string of the molecule is Cc1ccc2c(c1)c(Sc1ccccc1)c(CC(=O)Nc1ccc(OC(F)(F)Cl)cc1)n2C. The van der Waals surface area contributed by atoms with Crippen LogP contribution in [-0.2, 0) is 18.3 Å². The molecule has 1 heterocycles. The number of alkyl halides is 3. The van der Waals surface area contributed by atoms with Gasteiger partial charge < -0.3 is 14.6 Å². The summed E-state index contributed by atoms with van der Waals surface area (Å²) >= 11 is 6.41. The van der Waals surface area contributed by atoms with Crippen LogP contribution < -0.4 is 10.1 Å². The zero-order chi connectivity index (χ0) is 23.6. The van der Waals surface area contributed by atoms with Crippen molar-refractivity contribution in [2.24, 2.45) is 7.05 Å². The minimum Gasteiger partial charge on any atom is -0.420 e. The van der Waals surface area contributed by atoms with Crippen molar-refractivity contribution in [3.05, 3.63) is 84.1 Å². The van der Waals surface area contributed by atoms with Crippen molar-refractivity contribution >= 4 is 45.9 Å². The summed E-state index contributed by atoms with van der Waals surface area (Å²) in [7, 11) is 1.95. The Morgan fingerprint density at radius 3 is 2.45 bits per heavy atom. The number of hydrogen-bond acceptors (Lipinski definition) is 3. The Kier molecular flexibility index (Phi) is 6.63. The predicted molar refractivity (Wildman–Crippen MR) is 128 cm³/mol. The van der Waals surface area contributed by atoms with E-state index >= 15 is 0 Å². The fourth-order valence-corrected chi connectivity index (χ4v) is 4.81. The monoisotopic (exact) mass is 486 g/mol. The van der Waals surface area contributed by atoms with E-state index in [1.165, 1.54) is 24.3 Å². The molecule has 0 unspecified atom stereocenters. The van der Waals surface area contributed by atoms with Crippen LogP contribution in [0.5, 0.6) is 5.75 Å². The van der Waals surface area contributed by atoms with Crippen molar-refractivity contribution < 1.29 is 18.3 Å². The normalized spacial score (nSPS) is 11.5. The number of fused-ring (bicyclic) bond motifs is 1. The standard InChI is InChI=1S/C25H21ClF2N2O2S/c1-16-8-13-21-20(14-16)24(33-19-6-4-3-5-7-19)22(30(21)2)15-23(31)29-17-9-11-18(12-10-17)32-25(26,27)28/h3-14H,15H2,1-2H3,(H,29,31). The molecule has 0 spiro atoms. The van der Waals surface area contributed by atoms with E-state index in [1.807, 2.05) is 48.9 Å². The first-order chi connectivity index (χ1) is 15.7. The molecule has 0 aliphatic heterocycles. The zero-order valence-corrected chi connectivity index (χ0v) is 19.5. The van der Waals surface area contributed by atoms with Crippen LogP contribution in [0, 0.1) is 6.92 Å². The first-order valence-electron chi connectivity index (χ1n) is 10.2. The van der Waals surface area contributed by atoms with Crippen LogP contribution in [0.1, 0.15) is 11.3 Å². The van der Waals surface area contributed by atoms with Gasteiger partial charge >= 0.3 is 5.57 Å². The maximum Gasteiger partial charge on any atom is 0.487 e. The number of aryl methyl sites for hydroxylation is 2. The molecule has 3 aromatic carbocycles. The molecule has 0 bridgehead atoms. The average Bonchev–Trinajstić information content (AvgIpc) is 3.00. The maximum absolute atomic E-state index is 12.9. The molecular formula is C25H21ClF2N2O2S. The molecule has 170 valence electrons. The maximum atomic E-state index is 12.9. The Balaban J connectivity index is 1.59. The van der Waals surface area contributed by atoms with Crippen LogP contribution in [-0.4, -0.2) is 16.0 Å². The molecule has 1 amide bonds. The van der Waals surface area contributed by atoms with Crippen molar-refractivity contribution in [3.63, 3.8) is 0 Å². The van der Waals surface area contributed by atoms with Gasteiger partial charge in [0.1, 0.15) is 5.75 Å².